The van der Waals surface area contributed by atoms with Gasteiger partial charge in [0.15, 0.2) is 5.96 Å². The van der Waals surface area contributed by atoms with Gasteiger partial charge < -0.3 is 26.6 Å². The number of aliphatic imine (C=N–C) groups is 1. The zero-order chi connectivity index (χ0) is 20.7. The monoisotopic (exact) mass is 384 g/mol. The lowest BCUT2D eigenvalue weighted by Crippen LogP contribution is -2.24. The van der Waals surface area contributed by atoms with Crippen LogP contribution in [0.2, 0.25) is 0 Å². The molecule has 1 amide bonds. The summed E-state index contributed by atoms with van der Waals surface area (Å²) < 4.78 is 5.27. The Hall–Kier alpha value is -3.88. The van der Waals surface area contributed by atoms with E-state index in [2.05, 4.69) is 10.3 Å². The third-order valence-corrected chi connectivity index (χ3v) is 3.82. The van der Waals surface area contributed by atoms with E-state index < -0.39 is 17.9 Å². The number of nitrogens with zero attached hydrogens (tertiary/aromatic N) is 1. The molecule has 9 heteroatoms. The summed E-state index contributed by atoms with van der Waals surface area (Å²) in [4.78, 5) is 38.9. The Morgan fingerprint density at radius 3 is 2.18 bits per heavy atom. The predicted molar refractivity (Wildman–Crippen MR) is 102 cm³/mol. The number of carbonyl (C=O) groups is 3. The van der Waals surface area contributed by atoms with Gasteiger partial charge in [-0.05, 0) is 42.0 Å². The van der Waals surface area contributed by atoms with Gasteiger partial charge in [0.25, 0.3) is 0 Å². The Labute approximate surface area is 161 Å². The highest BCUT2D eigenvalue weighted by Gasteiger charge is 2.23. The first kappa shape index (κ1) is 20.4. The molecule has 0 aliphatic carbocycles. The first-order chi connectivity index (χ1) is 13.3. The van der Waals surface area contributed by atoms with Crippen molar-refractivity contribution >= 4 is 29.5 Å². The molecule has 28 heavy (non-hydrogen) atoms. The molecule has 0 fully saturated rings. The van der Waals surface area contributed by atoms with E-state index in [4.69, 9.17) is 16.2 Å². The number of benzene rings is 2. The molecule has 2 aromatic carbocycles. The lowest BCUT2D eigenvalue weighted by molar-refractivity contribution is -0.140. The second-order valence-corrected chi connectivity index (χ2v) is 5.81. The molecule has 9 nitrogen and oxygen atoms in total. The van der Waals surface area contributed by atoms with Gasteiger partial charge >= 0.3 is 11.9 Å². The number of amides is 1. The summed E-state index contributed by atoms with van der Waals surface area (Å²) >= 11 is 0. The summed E-state index contributed by atoms with van der Waals surface area (Å²) in [7, 11) is 1.44. The van der Waals surface area contributed by atoms with Crippen LogP contribution in [0.15, 0.2) is 53.5 Å². The molecule has 0 bridgehead atoms. The van der Waals surface area contributed by atoms with Crippen molar-refractivity contribution in [3.8, 4) is 5.75 Å². The molecule has 0 heterocycles. The Balaban J connectivity index is 2.08. The fourth-order valence-electron chi connectivity index (χ4n) is 2.39. The number of nitrogens with one attached hydrogen (secondary N) is 1. The summed E-state index contributed by atoms with van der Waals surface area (Å²) in [6.45, 7) is 0. The van der Waals surface area contributed by atoms with E-state index >= 15 is 0 Å². The van der Waals surface area contributed by atoms with E-state index in [9.17, 15) is 19.5 Å². The third kappa shape index (κ3) is 5.56. The Morgan fingerprint density at radius 1 is 1.07 bits per heavy atom. The van der Waals surface area contributed by atoms with E-state index in [1.165, 1.54) is 43.4 Å². The number of carboxylic acids is 1. The molecule has 0 saturated heterocycles. The van der Waals surface area contributed by atoms with E-state index in [1.807, 2.05) is 0 Å². The molecule has 0 spiro atoms. The minimum absolute atomic E-state index is 0.0912. The zero-order valence-electron chi connectivity index (χ0n) is 15.1. The Bertz CT molecular complexity index is 888. The molecule has 2 aromatic rings. The highest BCUT2D eigenvalue weighted by Crippen LogP contribution is 2.23. The maximum absolute atomic E-state index is 12.2. The van der Waals surface area contributed by atoms with Crippen molar-refractivity contribution in [2.75, 3.05) is 7.05 Å². The van der Waals surface area contributed by atoms with Crippen molar-refractivity contribution in [3.63, 3.8) is 0 Å². The normalized spacial score (nSPS) is 11.2. The van der Waals surface area contributed by atoms with E-state index in [1.54, 1.807) is 12.1 Å². The average molecular weight is 384 g/mol. The summed E-state index contributed by atoms with van der Waals surface area (Å²) in [5.74, 6) is -2.93. The summed E-state index contributed by atoms with van der Waals surface area (Å²) in [6, 6.07) is 12.1. The van der Waals surface area contributed by atoms with Crippen LogP contribution in [0.3, 0.4) is 0 Å². The molecule has 0 aromatic heterocycles. The Morgan fingerprint density at radius 2 is 1.68 bits per heavy atom. The SMILES string of the molecule is CNC(=O)CC(C(=O)O)c1ccc(OC(=O)c2ccc(N=C(N)N)cc2)cc1. The minimum atomic E-state index is -1.12. The standard InChI is InChI=1S/C19H20N4O5/c1-22-16(24)10-15(17(25)26)11-4-8-14(9-5-11)28-18(27)12-2-6-13(7-3-12)23-19(20)21/h2-9,15H,10H2,1H3,(H,22,24)(H,25,26)(H4,20,21,23). The molecule has 0 radical (unpaired) electrons. The van der Waals surface area contributed by atoms with Crippen LogP contribution >= 0.6 is 0 Å². The fourth-order valence-corrected chi connectivity index (χ4v) is 2.39. The number of carboxylic acid groups (broad SMARTS) is 1. The molecule has 146 valence electrons. The highest BCUT2D eigenvalue weighted by molar-refractivity contribution is 5.91. The average Bonchev–Trinajstić information content (AvgIpc) is 2.66. The molecule has 0 saturated carbocycles. The molecule has 0 aliphatic rings. The van der Waals surface area contributed by atoms with Crippen LogP contribution in [0.25, 0.3) is 0 Å². The molecular weight excluding hydrogens is 364 g/mol. The minimum Gasteiger partial charge on any atom is -0.481 e. The van der Waals surface area contributed by atoms with Crippen LogP contribution in [0.1, 0.15) is 28.3 Å². The van der Waals surface area contributed by atoms with Gasteiger partial charge in [0.05, 0.1) is 17.2 Å². The van der Waals surface area contributed by atoms with Crippen LogP contribution in [-0.4, -0.2) is 36.0 Å². The van der Waals surface area contributed by atoms with Crippen molar-refractivity contribution in [1.82, 2.24) is 5.32 Å². The van der Waals surface area contributed by atoms with Gasteiger partial charge in [0.2, 0.25) is 5.91 Å². The summed E-state index contributed by atoms with van der Waals surface area (Å²) in [6.07, 6.45) is -0.187. The molecule has 1 atom stereocenters. The number of hydrogen-bond donors (Lipinski definition) is 4. The van der Waals surface area contributed by atoms with Crippen molar-refractivity contribution < 1.29 is 24.2 Å². The number of carbonyl (C=O) groups excluding carboxylic acids is 2. The Kier molecular flexibility index (Phi) is 6.69. The number of guanidine groups is 1. The van der Waals surface area contributed by atoms with Gasteiger partial charge in [-0.1, -0.05) is 12.1 Å². The predicted octanol–water partition coefficient (Wildman–Crippen LogP) is 1.12. The van der Waals surface area contributed by atoms with Crippen molar-refractivity contribution in [2.24, 2.45) is 16.5 Å². The molecule has 2 rings (SSSR count). The van der Waals surface area contributed by atoms with Gasteiger partial charge in [-0.2, -0.15) is 0 Å². The molecule has 6 N–H and O–H groups in total. The van der Waals surface area contributed by atoms with E-state index in [0.717, 1.165) is 0 Å². The molecular formula is C19H20N4O5. The lowest BCUT2D eigenvalue weighted by Gasteiger charge is -2.12. The van der Waals surface area contributed by atoms with Crippen LogP contribution in [0, 0.1) is 0 Å². The van der Waals surface area contributed by atoms with Gasteiger partial charge in [-0.15, -0.1) is 0 Å². The van der Waals surface area contributed by atoms with E-state index in [0.29, 0.717) is 16.8 Å². The molecule has 0 aliphatic heterocycles. The van der Waals surface area contributed by atoms with Crippen LogP contribution in [0.5, 0.6) is 5.75 Å². The van der Waals surface area contributed by atoms with Crippen LogP contribution in [-0.2, 0) is 9.59 Å². The van der Waals surface area contributed by atoms with Crippen molar-refractivity contribution in [1.29, 1.82) is 0 Å². The van der Waals surface area contributed by atoms with Crippen molar-refractivity contribution in [2.45, 2.75) is 12.3 Å². The number of aliphatic carboxylic acids is 1. The van der Waals surface area contributed by atoms with Gasteiger partial charge in [0.1, 0.15) is 5.75 Å². The van der Waals surface area contributed by atoms with Gasteiger partial charge in [-0.3, -0.25) is 9.59 Å². The first-order valence-corrected chi connectivity index (χ1v) is 8.25. The maximum Gasteiger partial charge on any atom is 0.343 e. The number of ether oxygens (including phenoxy) is 1. The van der Waals surface area contributed by atoms with E-state index in [-0.39, 0.29) is 24.0 Å². The number of esters is 1. The second-order valence-electron chi connectivity index (χ2n) is 5.81. The largest absolute Gasteiger partial charge is 0.481 e. The number of hydrogen-bond acceptors (Lipinski definition) is 5. The van der Waals surface area contributed by atoms with Gasteiger partial charge in [0, 0.05) is 13.5 Å². The third-order valence-electron chi connectivity index (χ3n) is 3.82. The smallest absolute Gasteiger partial charge is 0.343 e. The van der Waals surface area contributed by atoms with Crippen LogP contribution < -0.4 is 21.5 Å². The second kappa shape index (κ2) is 9.17. The lowest BCUT2D eigenvalue weighted by atomic mass is 9.95. The highest BCUT2D eigenvalue weighted by atomic mass is 16.5. The quantitative estimate of drug-likeness (QED) is 0.241. The topological polar surface area (TPSA) is 157 Å². The fraction of sp³-hybridized carbons (Fsp3) is 0.158. The van der Waals surface area contributed by atoms with Gasteiger partial charge in [-0.25, -0.2) is 9.79 Å². The molecule has 1 unspecified atom stereocenters. The van der Waals surface area contributed by atoms with Crippen molar-refractivity contribution in [3.05, 3.63) is 59.7 Å². The summed E-state index contributed by atoms with van der Waals surface area (Å²) in [5.41, 5.74) is 11.8. The number of nitrogens with two attached hydrogens (primary N) is 2. The first-order valence-electron chi connectivity index (χ1n) is 8.25. The summed E-state index contributed by atoms with van der Waals surface area (Å²) in [5, 5.41) is 11.7. The maximum atomic E-state index is 12.2. The zero-order valence-corrected chi connectivity index (χ0v) is 15.1. The number of rotatable bonds is 7. The van der Waals surface area contributed by atoms with Crippen LogP contribution in [0.4, 0.5) is 5.69 Å².